The zero-order valence-electron chi connectivity index (χ0n) is 12.0. The lowest BCUT2D eigenvalue weighted by Crippen LogP contribution is -2.46. The summed E-state index contributed by atoms with van der Waals surface area (Å²) < 4.78 is 0. The largest absolute Gasteiger partial charge is 0.304 e. The first-order valence-corrected chi connectivity index (χ1v) is 7.75. The van der Waals surface area contributed by atoms with Crippen molar-refractivity contribution < 1.29 is 0 Å². The van der Waals surface area contributed by atoms with Crippen molar-refractivity contribution in [1.82, 2.24) is 20.7 Å². The van der Waals surface area contributed by atoms with Crippen LogP contribution in [0.3, 0.4) is 0 Å². The number of hydrogen-bond acceptors (Lipinski definition) is 4. The van der Waals surface area contributed by atoms with E-state index >= 15 is 0 Å². The smallest absolute Gasteiger partial charge is 0.0515 e. The van der Waals surface area contributed by atoms with E-state index in [0.29, 0.717) is 12.0 Å². The summed E-state index contributed by atoms with van der Waals surface area (Å²) >= 11 is 5.98. The van der Waals surface area contributed by atoms with Crippen LogP contribution in [0.2, 0.25) is 5.02 Å². The van der Waals surface area contributed by atoms with E-state index in [1.54, 1.807) is 0 Å². The second-order valence-corrected chi connectivity index (χ2v) is 6.35. The van der Waals surface area contributed by atoms with E-state index in [4.69, 9.17) is 11.6 Å². The van der Waals surface area contributed by atoms with Crippen molar-refractivity contribution in [1.29, 1.82) is 0 Å². The third-order valence-electron chi connectivity index (χ3n) is 4.41. The molecule has 2 heterocycles. The van der Waals surface area contributed by atoms with Gasteiger partial charge in [-0.25, -0.2) is 5.43 Å². The molecule has 20 heavy (non-hydrogen) atoms. The Kier molecular flexibility index (Phi) is 4.58. The molecule has 2 unspecified atom stereocenters. The molecule has 2 aliphatic heterocycles. The predicted molar refractivity (Wildman–Crippen MR) is 82.8 cm³/mol. The van der Waals surface area contributed by atoms with E-state index in [0.717, 1.165) is 18.1 Å². The van der Waals surface area contributed by atoms with Gasteiger partial charge in [0.05, 0.1) is 6.04 Å². The average Bonchev–Trinajstić information content (AvgIpc) is 2.90. The molecule has 2 fully saturated rings. The van der Waals surface area contributed by atoms with Gasteiger partial charge in [-0.05, 0) is 24.7 Å². The Morgan fingerprint density at radius 1 is 1.15 bits per heavy atom. The summed E-state index contributed by atoms with van der Waals surface area (Å²) in [5.74, 6) is 0.611. The molecule has 2 atom stereocenters. The fourth-order valence-electron chi connectivity index (χ4n) is 3.09. The van der Waals surface area contributed by atoms with Crippen LogP contribution in [0.1, 0.15) is 11.6 Å². The topological polar surface area (TPSA) is 30.5 Å². The minimum Gasteiger partial charge on any atom is -0.304 e. The highest BCUT2D eigenvalue weighted by atomic mass is 35.5. The highest BCUT2D eigenvalue weighted by Crippen LogP contribution is 2.26. The van der Waals surface area contributed by atoms with Crippen molar-refractivity contribution in [2.75, 3.05) is 46.3 Å². The van der Waals surface area contributed by atoms with Gasteiger partial charge in [-0.3, -0.25) is 5.43 Å². The predicted octanol–water partition coefficient (Wildman–Crippen LogP) is 1.35. The highest BCUT2D eigenvalue weighted by molar-refractivity contribution is 6.30. The molecular weight excluding hydrogens is 272 g/mol. The molecule has 1 aromatic rings. The van der Waals surface area contributed by atoms with E-state index in [2.05, 4.69) is 39.8 Å². The van der Waals surface area contributed by atoms with Gasteiger partial charge in [0, 0.05) is 50.2 Å². The van der Waals surface area contributed by atoms with E-state index in [1.165, 1.54) is 31.7 Å². The molecule has 0 radical (unpaired) electrons. The van der Waals surface area contributed by atoms with Gasteiger partial charge < -0.3 is 9.80 Å². The fraction of sp³-hybridized carbons (Fsp3) is 0.600. The maximum Gasteiger partial charge on any atom is 0.0515 e. The van der Waals surface area contributed by atoms with Crippen LogP contribution in [-0.2, 0) is 0 Å². The summed E-state index contributed by atoms with van der Waals surface area (Å²) in [4.78, 5) is 4.99. The number of halogens is 1. The number of piperazine rings is 1. The molecule has 1 aromatic carbocycles. The molecule has 4 nitrogen and oxygen atoms in total. The summed E-state index contributed by atoms with van der Waals surface area (Å²) in [5, 5.41) is 0.801. The number of nitrogens with zero attached hydrogens (tertiary/aromatic N) is 2. The van der Waals surface area contributed by atoms with Crippen LogP contribution in [0.15, 0.2) is 24.3 Å². The molecule has 0 aromatic heterocycles. The number of rotatable bonds is 3. The Bertz CT molecular complexity index is 428. The zero-order chi connectivity index (χ0) is 13.9. The van der Waals surface area contributed by atoms with Crippen molar-refractivity contribution >= 4 is 11.6 Å². The summed E-state index contributed by atoms with van der Waals surface area (Å²) in [6, 6.07) is 8.59. The van der Waals surface area contributed by atoms with Crippen molar-refractivity contribution in [3.05, 3.63) is 34.9 Å². The first kappa shape index (κ1) is 14.3. The van der Waals surface area contributed by atoms with Crippen molar-refractivity contribution in [2.45, 2.75) is 6.04 Å². The first-order chi connectivity index (χ1) is 9.72. The Morgan fingerprint density at radius 2 is 1.85 bits per heavy atom. The van der Waals surface area contributed by atoms with E-state index in [-0.39, 0.29) is 0 Å². The van der Waals surface area contributed by atoms with Crippen LogP contribution in [0.25, 0.3) is 0 Å². The molecule has 3 rings (SSSR count). The normalized spacial score (nSPS) is 28.9. The van der Waals surface area contributed by atoms with E-state index < -0.39 is 0 Å². The lowest BCUT2D eigenvalue weighted by Gasteiger charge is -2.34. The Balaban J connectivity index is 1.62. The van der Waals surface area contributed by atoms with E-state index in [9.17, 15) is 0 Å². The van der Waals surface area contributed by atoms with Gasteiger partial charge in [0.25, 0.3) is 0 Å². The molecule has 0 spiro atoms. The maximum absolute atomic E-state index is 5.98. The van der Waals surface area contributed by atoms with Gasteiger partial charge in [-0.15, -0.1) is 0 Å². The van der Waals surface area contributed by atoms with Crippen LogP contribution >= 0.6 is 11.6 Å². The fourth-order valence-corrected chi connectivity index (χ4v) is 3.22. The molecule has 110 valence electrons. The van der Waals surface area contributed by atoms with Crippen molar-refractivity contribution in [2.24, 2.45) is 5.92 Å². The second kappa shape index (κ2) is 6.41. The Labute approximate surface area is 126 Å². The number of nitrogens with one attached hydrogen (secondary N) is 2. The SMILES string of the molecule is CN1CCN(CC2CNNC2c2ccc(Cl)cc2)CC1. The summed E-state index contributed by atoms with van der Waals surface area (Å²) in [5.41, 5.74) is 8.04. The van der Waals surface area contributed by atoms with Gasteiger partial charge in [-0.1, -0.05) is 23.7 Å². The standard InChI is InChI=1S/C15H23ClN4/c1-19-6-8-20(9-7-19)11-13-10-17-18-15(13)12-2-4-14(16)5-3-12/h2-5,13,15,17-18H,6-11H2,1H3. The minimum absolute atomic E-state index is 0.381. The third-order valence-corrected chi connectivity index (χ3v) is 4.66. The Hall–Kier alpha value is -0.650. The number of benzene rings is 1. The Morgan fingerprint density at radius 3 is 2.55 bits per heavy atom. The van der Waals surface area contributed by atoms with Crippen LogP contribution in [-0.4, -0.2) is 56.1 Å². The molecule has 2 N–H and O–H groups in total. The molecule has 0 bridgehead atoms. The third kappa shape index (κ3) is 3.32. The quantitative estimate of drug-likeness (QED) is 0.881. The van der Waals surface area contributed by atoms with Gasteiger partial charge in [0.1, 0.15) is 0 Å². The van der Waals surface area contributed by atoms with Crippen LogP contribution in [0, 0.1) is 5.92 Å². The highest BCUT2D eigenvalue weighted by Gasteiger charge is 2.30. The monoisotopic (exact) mass is 294 g/mol. The molecule has 2 aliphatic rings. The lowest BCUT2D eigenvalue weighted by molar-refractivity contribution is 0.134. The van der Waals surface area contributed by atoms with Crippen LogP contribution in [0.5, 0.6) is 0 Å². The summed E-state index contributed by atoms with van der Waals surface area (Å²) in [7, 11) is 2.20. The van der Waals surface area contributed by atoms with Crippen LogP contribution in [0.4, 0.5) is 0 Å². The first-order valence-electron chi connectivity index (χ1n) is 7.37. The minimum atomic E-state index is 0.381. The van der Waals surface area contributed by atoms with Gasteiger partial charge in [-0.2, -0.15) is 0 Å². The molecule has 5 heteroatoms. The number of hydrogen-bond donors (Lipinski definition) is 2. The molecule has 2 saturated heterocycles. The van der Waals surface area contributed by atoms with Gasteiger partial charge in [0.2, 0.25) is 0 Å². The van der Waals surface area contributed by atoms with Gasteiger partial charge in [0.15, 0.2) is 0 Å². The van der Waals surface area contributed by atoms with E-state index in [1.807, 2.05) is 12.1 Å². The van der Waals surface area contributed by atoms with Gasteiger partial charge >= 0.3 is 0 Å². The maximum atomic E-state index is 5.98. The second-order valence-electron chi connectivity index (χ2n) is 5.92. The number of likely N-dealkylation sites (N-methyl/N-ethyl adjacent to an activating group) is 1. The van der Waals surface area contributed by atoms with Crippen LogP contribution < -0.4 is 10.9 Å². The lowest BCUT2D eigenvalue weighted by atomic mass is 9.94. The molecule has 0 aliphatic carbocycles. The molecular formula is C15H23ClN4. The summed E-state index contributed by atoms with van der Waals surface area (Å²) in [6.07, 6.45) is 0. The number of hydrazine groups is 1. The summed E-state index contributed by atoms with van der Waals surface area (Å²) in [6.45, 7) is 6.90. The molecule has 0 saturated carbocycles. The average molecular weight is 295 g/mol. The van der Waals surface area contributed by atoms with Crippen molar-refractivity contribution in [3.63, 3.8) is 0 Å². The van der Waals surface area contributed by atoms with Crippen molar-refractivity contribution in [3.8, 4) is 0 Å². The molecule has 0 amide bonds. The zero-order valence-corrected chi connectivity index (χ0v) is 12.7.